The molecule has 5 atom stereocenters. The normalized spacial score (nSPS) is 27.5. The number of aryl methyl sites for hydroxylation is 1. The number of aliphatic hydroxyl groups excluding tert-OH is 1. The van der Waals surface area contributed by atoms with Crippen LogP contribution in [0.25, 0.3) is 11.2 Å². The molecule has 10 nitrogen and oxygen atoms in total. The van der Waals surface area contributed by atoms with E-state index in [1.54, 1.807) is 25.1 Å². The summed E-state index contributed by atoms with van der Waals surface area (Å²) in [5.74, 6) is 1.13. The Hall–Kier alpha value is -2.79. The second-order valence-corrected chi connectivity index (χ2v) is 8.12. The quantitative estimate of drug-likeness (QED) is 0.588. The van der Waals surface area contributed by atoms with Crippen molar-refractivity contribution in [2.75, 3.05) is 26.6 Å². The van der Waals surface area contributed by atoms with Crippen molar-refractivity contribution in [1.82, 2.24) is 19.5 Å². The number of imidazole rings is 1. The van der Waals surface area contributed by atoms with Gasteiger partial charge in [-0.05, 0) is 42.5 Å². The first-order valence-corrected chi connectivity index (χ1v) is 10.7. The zero-order valence-electron chi connectivity index (χ0n) is 18.0. The van der Waals surface area contributed by atoms with Crippen LogP contribution < -0.4 is 10.5 Å². The molecule has 170 valence electrons. The number of benzene rings is 1. The molecule has 3 heterocycles. The SMILES string of the molecule is COc1ccc2c(c1)CCCC2OC[C@H]1O[C@@H](n2cnc3c(N)ncnc32)[C@H](OC)[C@@H]1O. The van der Waals surface area contributed by atoms with Gasteiger partial charge < -0.3 is 29.8 Å². The molecule has 1 aromatic carbocycles. The lowest BCUT2D eigenvalue weighted by Gasteiger charge is -2.27. The molecular weight excluding hydrogens is 414 g/mol. The number of hydrogen-bond acceptors (Lipinski definition) is 9. The summed E-state index contributed by atoms with van der Waals surface area (Å²) in [6, 6.07) is 6.09. The van der Waals surface area contributed by atoms with E-state index in [4.69, 9.17) is 24.7 Å². The van der Waals surface area contributed by atoms with Crippen LogP contribution in [0.5, 0.6) is 5.75 Å². The van der Waals surface area contributed by atoms with Gasteiger partial charge >= 0.3 is 0 Å². The number of ether oxygens (including phenoxy) is 4. The number of nitrogen functional groups attached to an aromatic ring is 1. The Labute approximate surface area is 185 Å². The van der Waals surface area contributed by atoms with Gasteiger partial charge in [0, 0.05) is 7.11 Å². The van der Waals surface area contributed by atoms with Crippen LogP contribution in [0.1, 0.15) is 36.3 Å². The van der Waals surface area contributed by atoms with Gasteiger partial charge in [-0.1, -0.05) is 6.07 Å². The molecule has 0 bridgehead atoms. The van der Waals surface area contributed by atoms with E-state index in [9.17, 15) is 5.11 Å². The minimum atomic E-state index is -0.874. The van der Waals surface area contributed by atoms with Crippen molar-refractivity contribution in [3.05, 3.63) is 42.0 Å². The Balaban J connectivity index is 1.33. The highest BCUT2D eigenvalue weighted by molar-refractivity contribution is 5.81. The summed E-state index contributed by atoms with van der Waals surface area (Å²) in [5, 5.41) is 10.9. The van der Waals surface area contributed by atoms with Crippen molar-refractivity contribution in [2.24, 2.45) is 0 Å². The van der Waals surface area contributed by atoms with E-state index in [1.165, 1.54) is 11.9 Å². The Morgan fingerprint density at radius 3 is 2.94 bits per heavy atom. The lowest BCUT2D eigenvalue weighted by atomic mass is 9.89. The van der Waals surface area contributed by atoms with Gasteiger partial charge in [0.05, 0.1) is 26.1 Å². The molecule has 0 radical (unpaired) electrons. The van der Waals surface area contributed by atoms with Gasteiger partial charge in [-0.15, -0.1) is 0 Å². The Kier molecular flexibility index (Phi) is 5.68. The fourth-order valence-electron chi connectivity index (χ4n) is 4.65. The summed E-state index contributed by atoms with van der Waals surface area (Å²) in [6.45, 7) is 0.234. The van der Waals surface area contributed by atoms with Crippen molar-refractivity contribution >= 4 is 17.0 Å². The van der Waals surface area contributed by atoms with Crippen LogP contribution in [0, 0.1) is 0 Å². The fraction of sp³-hybridized carbons (Fsp3) is 0.500. The highest BCUT2D eigenvalue weighted by atomic mass is 16.6. The molecule has 0 spiro atoms. The molecule has 1 aliphatic carbocycles. The average Bonchev–Trinajstić information content (AvgIpc) is 3.38. The summed E-state index contributed by atoms with van der Waals surface area (Å²) in [5.41, 5.74) is 9.31. The molecule has 1 unspecified atom stereocenters. The number of methoxy groups -OCH3 is 2. The minimum Gasteiger partial charge on any atom is -0.497 e. The van der Waals surface area contributed by atoms with Crippen molar-refractivity contribution in [3.63, 3.8) is 0 Å². The van der Waals surface area contributed by atoms with Gasteiger partial charge in [-0.3, -0.25) is 4.57 Å². The molecule has 32 heavy (non-hydrogen) atoms. The Morgan fingerprint density at radius 1 is 1.25 bits per heavy atom. The van der Waals surface area contributed by atoms with E-state index in [2.05, 4.69) is 27.1 Å². The van der Waals surface area contributed by atoms with Gasteiger partial charge in [0.25, 0.3) is 0 Å². The molecule has 3 N–H and O–H groups in total. The van der Waals surface area contributed by atoms with E-state index in [-0.39, 0.29) is 18.5 Å². The largest absolute Gasteiger partial charge is 0.497 e. The van der Waals surface area contributed by atoms with Gasteiger partial charge in [0.15, 0.2) is 17.7 Å². The number of aromatic nitrogens is 4. The highest BCUT2D eigenvalue weighted by Gasteiger charge is 2.46. The molecule has 2 aliphatic rings. The topological polar surface area (TPSA) is 127 Å². The summed E-state index contributed by atoms with van der Waals surface area (Å²) in [6.07, 6.45) is 3.18. The Bertz CT molecular complexity index is 1110. The zero-order chi connectivity index (χ0) is 22.2. The number of fused-ring (bicyclic) bond motifs is 2. The summed E-state index contributed by atoms with van der Waals surface area (Å²) < 4.78 is 25.1. The maximum atomic E-state index is 10.9. The van der Waals surface area contributed by atoms with Gasteiger partial charge in [-0.25, -0.2) is 15.0 Å². The predicted octanol–water partition coefficient (Wildman–Crippen LogP) is 1.78. The molecule has 0 amide bonds. The number of rotatable bonds is 6. The van der Waals surface area contributed by atoms with E-state index in [0.29, 0.717) is 11.2 Å². The Morgan fingerprint density at radius 2 is 2.12 bits per heavy atom. The first kappa shape index (κ1) is 21.1. The lowest BCUT2D eigenvalue weighted by Crippen LogP contribution is -2.35. The average molecular weight is 441 g/mol. The van der Waals surface area contributed by atoms with E-state index < -0.39 is 24.5 Å². The van der Waals surface area contributed by atoms with Crippen LogP contribution in [0.2, 0.25) is 0 Å². The van der Waals surface area contributed by atoms with E-state index in [1.807, 2.05) is 6.07 Å². The first-order valence-electron chi connectivity index (χ1n) is 10.7. The fourth-order valence-corrected chi connectivity index (χ4v) is 4.65. The molecular formula is C22H27N5O5. The number of hydrogen-bond donors (Lipinski definition) is 2. The van der Waals surface area contributed by atoms with Crippen LogP contribution >= 0.6 is 0 Å². The van der Waals surface area contributed by atoms with Crippen LogP contribution in [0.15, 0.2) is 30.9 Å². The summed E-state index contributed by atoms with van der Waals surface area (Å²) >= 11 is 0. The second kappa shape index (κ2) is 8.62. The van der Waals surface area contributed by atoms with E-state index in [0.717, 1.165) is 30.6 Å². The van der Waals surface area contributed by atoms with Crippen molar-refractivity contribution in [3.8, 4) is 5.75 Å². The van der Waals surface area contributed by atoms with Crippen LogP contribution in [0.3, 0.4) is 0 Å². The maximum Gasteiger partial charge on any atom is 0.167 e. The van der Waals surface area contributed by atoms with Gasteiger partial charge in [-0.2, -0.15) is 0 Å². The van der Waals surface area contributed by atoms with Crippen LogP contribution in [-0.2, 0) is 20.6 Å². The molecule has 3 aromatic rings. The third-order valence-electron chi connectivity index (χ3n) is 6.32. The van der Waals surface area contributed by atoms with Crippen molar-refractivity contribution < 1.29 is 24.1 Å². The molecule has 0 saturated carbocycles. The standard InChI is InChI=1S/C22H27N5O5/c1-29-13-6-7-14-12(8-13)4-3-5-15(14)31-9-16-18(28)19(30-2)22(32-16)27-11-26-17-20(23)24-10-25-21(17)27/h6-8,10-11,15-16,18-19,22,28H,3-5,9H2,1-2H3,(H2,23,24,25)/t15?,16-,18-,19-,22-/m1/s1. The third kappa shape index (κ3) is 3.58. The van der Waals surface area contributed by atoms with Crippen LogP contribution in [-0.4, -0.2) is 63.8 Å². The summed E-state index contributed by atoms with van der Waals surface area (Å²) in [4.78, 5) is 12.5. The smallest absolute Gasteiger partial charge is 0.167 e. The van der Waals surface area contributed by atoms with E-state index >= 15 is 0 Å². The molecule has 1 aliphatic heterocycles. The summed E-state index contributed by atoms with van der Waals surface area (Å²) in [7, 11) is 3.21. The predicted molar refractivity (Wildman–Crippen MR) is 115 cm³/mol. The highest BCUT2D eigenvalue weighted by Crippen LogP contribution is 2.37. The monoisotopic (exact) mass is 441 g/mol. The van der Waals surface area contributed by atoms with Crippen molar-refractivity contribution in [2.45, 2.75) is 49.9 Å². The van der Waals surface area contributed by atoms with Crippen LogP contribution in [0.4, 0.5) is 5.82 Å². The maximum absolute atomic E-state index is 10.9. The number of nitrogens with two attached hydrogens (primary N) is 1. The molecule has 1 fully saturated rings. The molecule has 2 aromatic heterocycles. The third-order valence-corrected chi connectivity index (χ3v) is 6.32. The number of aliphatic hydroxyl groups is 1. The molecule has 10 heteroatoms. The first-order chi connectivity index (χ1) is 15.6. The number of anilines is 1. The number of nitrogens with zero attached hydrogens (tertiary/aromatic N) is 4. The minimum absolute atomic E-state index is 0.0536. The zero-order valence-corrected chi connectivity index (χ0v) is 18.0. The molecule has 1 saturated heterocycles. The lowest BCUT2D eigenvalue weighted by molar-refractivity contribution is -0.0853. The van der Waals surface area contributed by atoms with Gasteiger partial charge in [0.1, 0.15) is 35.9 Å². The second-order valence-electron chi connectivity index (χ2n) is 8.12. The van der Waals surface area contributed by atoms with Gasteiger partial charge in [0.2, 0.25) is 0 Å². The molecule has 5 rings (SSSR count). The van der Waals surface area contributed by atoms with Crippen molar-refractivity contribution in [1.29, 1.82) is 0 Å².